The largest absolute Gasteiger partial charge is 0.494 e. The molecule has 2 aromatic rings. The van der Waals surface area contributed by atoms with Crippen LogP contribution in [0.25, 0.3) is 0 Å². The minimum atomic E-state index is -0.406. The van der Waals surface area contributed by atoms with E-state index in [1.165, 1.54) is 0 Å². The molecule has 0 unspecified atom stereocenters. The third-order valence-corrected chi connectivity index (χ3v) is 5.37. The Labute approximate surface area is 165 Å². The Morgan fingerprint density at radius 2 is 2.04 bits per heavy atom. The van der Waals surface area contributed by atoms with Crippen LogP contribution < -0.4 is 15.0 Å². The van der Waals surface area contributed by atoms with E-state index in [4.69, 9.17) is 16.3 Å². The topological polar surface area (TPSA) is 58.6 Å². The predicted molar refractivity (Wildman–Crippen MR) is 106 cm³/mol. The Morgan fingerprint density at radius 1 is 1.31 bits per heavy atom. The number of ether oxygens (including phenoxy) is 1. The lowest BCUT2D eigenvalue weighted by atomic mass is 10.1. The Kier molecular flexibility index (Phi) is 5.84. The van der Waals surface area contributed by atoms with Crippen molar-refractivity contribution in [3.63, 3.8) is 0 Å². The van der Waals surface area contributed by atoms with Gasteiger partial charge in [-0.1, -0.05) is 11.6 Å². The van der Waals surface area contributed by atoms with Gasteiger partial charge in [0.05, 0.1) is 17.5 Å². The van der Waals surface area contributed by atoms with Crippen LogP contribution in [0.4, 0.5) is 11.4 Å². The van der Waals surface area contributed by atoms with Crippen LogP contribution in [0, 0.1) is 5.92 Å². The fourth-order valence-electron chi connectivity index (χ4n) is 2.84. The fourth-order valence-corrected chi connectivity index (χ4v) is 3.27. The molecule has 0 aliphatic carbocycles. The zero-order chi connectivity index (χ0) is 18.7. The molecule has 3 rings (SSSR count). The van der Waals surface area contributed by atoms with Crippen LogP contribution in [0.3, 0.4) is 0 Å². The fraction of sp³-hybridized carbons (Fsp3) is 0.263. The zero-order valence-electron chi connectivity index (χ0n) is 14.2. The number of carbonyl (C=O) groups excluding carboxylic acids is 2. The van der Waals surface area contributed by atoms with Gasteiger partial charge in [-0.25, -0.2) is 0 Å². The molecule has 2 aromatic carbocycles. The maximum Gasteiger partial charge on any atom is 0.229 e. The Morgan fingerprint density at radius 3 is 2.69 bits per heavy atom. The highest BCUT2D eigenvalue weighted by Crippen LogP contribution is 2.29. The van der Waals surface area contributed by atoms with Gasteiger partial charge in [-0.15, -0.1) is 0 Å². The number of nitrogens with zero attached hydrogens (tertiary/aromatic N) is 1. The van der Waals surface area contributed by atoms with Crippen LogP contribution in [0.15, 0.2) is 46.9 Å². The molecule has 136 valence electrons. The van der Waals surface area contributed by atoms with Crippen LogP contribution in [-0.4, -0.2) is 25.0 Å². The third kappa shape index (κ3) is 4.19. The van der Waals surface area contributed by atoms with Gasteiger partial charge in [0.15, 0.2) is 0 Å². The molecule has 1 aliphatic rings. The van der Waals surface area contributed by atoms with Crippen LogP contribution in [0.2, 0.25) is 5.02 Å². The average Bonchev–Trinajstić information content (AvgIpc) is 3.01. The van der Waals surface area contributed by atoms with Gasteiger partial charge in [0.2, 0.25) is 11.8 Å². The van der Waals surface area contributed by atoms with Gasteiger partial charge in [0.25, 0.3) is 0 Å². The number of carbonyl (C=O) groups is 2. The van der Waals surface area contributed by atoms with Gasteiger partial charge in [-0.05, 0) is 65.3 Å². The van der Waals surface area contributed by atoms with Crippen molar-refractivity contribution in [2.24, 2.45) is 5.92 Å². The minimum Gasteiger partial charge on any atom is -0.494 e. The number of rotatable bonds is 5. The summed E-state index contributed by atoms with van der Waals surface area (Å²) in [5.74, 6) is 0.0918. The lowest BCUT2D eigenvalue weighted by Gasteiger charge is -2.17. The molecule has 1 saturated heterocycles. The molecule has 1 heterocycles. The zero-order valence-corrected chi connectivity index (χ0v) is 16.5. The number of nitrogens with one attached hydrogen (secondary N) is 1. The minimum absolute atomic E-state index is 0.0665. The third-order valence-electron chi connectivity index (χ3n) is 4.14. The maximum absolute atomic E-state index is 12.5. The summed E-state index contributed by atoms with van der Waals surface area (Å²) in [4.78, 5) is 26.5. The second kappa shape index (κ2) is 8.10. The molecule has 7 heteroatoms. The van der Waals surface area contributed by atoms with Crippen molar-refractivity contribution in [3.8, 4) is 5.75 Å². The number of hydrogen-bond donors (Lipinski definition) is 1. The molecule has 1 fully saturated rings. The summed E-state index contributed by atoms with van der Waals surface area (Å²) in [6.45, 7) is 2.85. The van der Waals surface area contributed by atoms with Gasteiger partial charge in [0, 0.05) is 28.8 Å². The molecule has 1 N–H and O–H groups in total. The Bertz CT molecular complexity index is 826. The van der Waals surface area contributed by atoms with Crippen molar-refractivity contribution in [2.45, 2.75) is 13.3 Å². The van der Waals surface area contributed by atoms with Crippen molar-refractivity contribution < 1.29 is 14.3 Å². The van der Waals surface area contributed by atoms with Crippen LogP contribution in [0.1, 0.15) is 13.3 Å². The summed E-state index contributed by atoms with van der Waals surface area (Å²) in [7, 11) is 0. The smallest absolute Gasteiger partial charge is 0.229 e. The molecule has 1 atom stereocenters. The van der Waals surface area contributed by atoms with Gasteiger partial charge >= 0.3 is 0 Å². The summed E-state index contributed by atoms with van der Waals surface area (Å²) in [5, 5.41) is 3.34. The van der Waals surface area contributed by atoms with Crippen LogP contribution in [0.5, 0.6) is 5.75 Å². The van der Waals surface area contributed by atoms with E-state index in [1.807, 2.05) is 31.2 Å². The molecule has 0 aromatic heterocycles. The summed E-state index contributed by atoms with van der Waals surface area (Å²) in [6, 6.07) is 12.5. The molecule has 26 heavy (non-hydrogen) atoms. The van der Waals surface area contributed by atoms with E-state index < -0.39 is 5.92 Å². The van der Waals surface area contributed by atoms with Crippen molar-refractivity contribution in [3.05, 3.63) is 52.0 Å². The van der Waals surface area contributed by atoms with E-state index in [-0.39, 0.29) is 18.2 Å². The van der Waals surface area contributed by atoms with Crippen LogP contribution >= 0.6 is 27.5 Å². The molecular formula is C19H18BrClN2O3. The van der Waals surface area contributed by atoms with E-state index >= 15 is 0 Å². The van der Waals surface area contributed by atoms with Crippen molar-refractivity contribution >= 4 is 50.7 Å². The number of hydrogen-bond acceptors (Lipinski definition) is 3. The second-order valence-electron chi connectivity index (χ2n) is 5.95. The van der Waals surface area contributed by atoms with Gasteiger partial charge in [-0.2, -0.15) is 0 Å². The Balaban J connectivity index is 1.66. The standard InChI is InChI=1S/C19H18BrClN2O3/c1-2-26-15-6-4-14(5-7-15)23-11-12(9-18(23)24)19(25)22-13-3-8-16(20)17(21)10-13/h3-8,10,12H,2,9,11H2,1H3,(H,22,25)/t12-/m1/s1. The second-order valence-corrected chi connectivity index (χ2v) is 7.21. The summed E-state index contributed by atoms with van der Waals surface area (Å²) < 4.78 is 6.17. The highest BCUT2D eigenvalue weighted by atomic mass is 79.9. The van der Waals surface area contributed by atoms with Crippen molar-refractivity contribution in [1.29, 1.82) is 0 Å². The molecule has 2 amide bonds. The number of anilines is 2. The van der Waals surface area contributed by atoms with E-state index in [0.29, 0.717) is 23.9 Å². The maximum atomic E-state index is 12.5. The average molecular weight is 438 g/mol. The highest BCUT2D eigenvalue weighted by Gasteiger charge is 2.35. The summed E-state index contributed by atoms with van der Waals surface area (Å²) >= 11 is 9.36. The first kappa shape index (κ1) is 18.7. The lowest BCUT2D eigenvalue weighted by molar-refractivity contribution is -0.122. The molecule has 0 spiro atoms. The first-order chi connectivity index (χ1) is 12.5. The number of benzene rings is 2. The van der Waals surface area contributed by atoms with Crippen molar-refractivity contribution in [2.75, 3.05) is 23.4 Å². The highest BCUT2D eigenvalue weighted by molar-refractivity contribution is 9.10. The van der Waals surface area contributed by atoms with E-state index in [2.05, 4.69) is 21.2 Å². The quantitative estimate of drug-likeness (QED) is 0.749. The van der Waals surface area contributed by atoms with Crippen LogP contribution in [-0.2, 0) is 9.59 Å². The molecule has 0 saturated carbocycles. The van der Waals surface area contributed by atoms with E-state index in [1.54, 1.807) is 23.1 Å². The molecule has 0 radical (unpaired) electrons. The molecule has 0 bridgehead atoms. The molecular weight excluding hydrogens is 420 g/mol. The summed E-state index contributed by atoms with van der Waals surface area (Å²) in [5.41, 5.74) is 1.37. The Hall–Kier alpha value is -2.05. The monoisotopic (exact) mass is 436 g/mol. The first-order valence-corrected chi connectivity index (χ1v) is 9.44. The summed E-state index contributed by atoms with van der Waals surface area (Å²) in [6.07, 6.45) is 0.184. The predicted octanol–water partition coefficient (Wildman–Crippen LogP) is 4.49. The van der Waals surface area contributed by atoms with E-state index in [9.17, 15) is 9.59 Å². The number of halogens is 2. The van der Waals surface area contributed by atoms with Gasteiger partial charge < -0.3 is 15.0 Å². The van der Waals surface area contributed by atoms with Crippen molar-refractivity contribution in [1.82, 2.24) is 0 Å². The van der Waals surface area contributed by atoms with Gasteiger partial charge in [0.1, 0.15) is 5.75 Å². The normalized spacial score (nSPS) is 16.7. The molecule has 1 aliphatic heterocycles. The SMILES string of the molecule is CCOc1ccc(N2C[C@H](C(=O)Nc3ccc(Br)c(Cl)c3)CC2=O)cc1. The van der Waals surface area contributed by atoms with Gasteiger partial charge in [-0.3, -0.25) is 9.59 Å². The molecule has 5 nitrogen and oxygen atoms in total. The first-order valence-electron chi connectivity index (χ1n) is 8.27. The lowest BCUT2D eigenvalue weighted by Crippen LogP contribution is -2.28. The van der Waals surface area contributed by atoms with E-state index in [0.717, 1.165) is 15.9 Å². The number of amides is 2.